The van der Waals surface area contributed by atoms with Crippen LogP contribution in [0.5, 0.6) is 0 Å². The average Bonchev–Trinajstić information content (AvgIpc) is 3.31. The van der Waals surface area contributed by atoms with Crippen molar-refractivity contribution in [1.29, 1.82) is 5.26 Å². The van der Waals surface area contributed by atoms with Crippen LogP contribution in [-0.2, 0) is 22.1 Å². The second-order valence-electron chi connectivity index (χ2n) is 8.18. The molecule has 34 heavy (non-hydrogen) atoms. The Hall–Kier alpha value is -2.81. The second kappa shape index (κ2) is 9.82. The zero-order valence-electron chi connectivity index (χ0n) is 17.9. The first-order chi connectivity index (χ1) is 16.2. The quantitative estimate of drug-likeness (QED) is 0.473. The Balaban J connectivity index is 1.60. The van der Waals surface area contributed by atoms with Gasteiger partial charge in [-0.25, -0.2) is 13.4 Å². The lowest BCUT2D eigenvalue weighted by molar-refractivity contribution is -0.190. The average molecular weight is 507 g/mol. The molecule has 1 fully saturated rings. The van der Waals surface area contributed by atoms with E-state index < -0.39 is 28.0 Å². The highest BCUT2D eigenvalue weighted by molar-refractivity contribution is 7.90. The van der Waals surface area contributed by atoms with E-state index >= 15 is 0 Å². The summed E-state index contributed by atoms with van der Waals surface area (Å²) in [6.07, 6.45) is -3.07. The Morgan fingerprint density at radius 3 is 2.59 bits per heavy atom. The molecule has 2 aromatic carbocycles. The SMILES string of the molecule is N#Cc1cc(S(=O)(=O)Cc2ncns2)ccc1CN1CC[C@@H](C(F)(F)F)C[C@H]1c1ccccc1. The number of aromatic nitrogens is 2. The predicted octanol–water partition coefficient (Wildman–Crippen LogP) is 4.90. The standard InChI is InChI=1S/C23H21F3N4O2S2/c24-23(25,26)19-8-9-30(21(11-19)16-4-2-1-3-5-16)13-17-6-7-20(10-18(17)12-27)34(31,32)14-22-28-15-29-33-22/h1-7,10,15,19,21H,8-9,11,13-14H2/t19-,21+/m1/s1. The van der Waals surface area contributed by atoms with Gasteiger partial charge in [0.15, 0.2) is 9.84 Å². The molecule has 6 nitrogen and oxygen atoms in total. The van der Waals surface area contributed by atoms with Crippen molar-refractivity contribution in [3.63, 3.8) is 0 Å². The molecule has 1 aliphatic rings. The van der Waals surface area contributed by atoms with Gasteiger partial charge in [-0.2, -0.15) is 22.8 Å². The van der Waals surface area contributed by atoms with E-state index in [0.717, 1.165) is 17.1 Å². The molecule has 0 spiro atoms. The molecule has 4 rings (SSSR count). The number of alkyl halides is 3. The van der Waals surface area contributed by atoms with Gasteiger partial charge in [0.05, 0.1) is 22.4 Å². The molecule has 0 bridgehead atoms. The smallest absolute Gasteiger partial charge is 0.292 e. The Kier molecular flexibility index (Phi) is 7.02. The molecule has 11 heteroatoms. The Morgan fingerprint density at radius 2 is 1.94 bits per heavy atom. The van der Waals surface area contributed by atoms with Crippen molar-refractivity contribution in [1.82, 2.24) is 14.3 Å². The molecule has 1 aliphatic heterocycles. The molecule has 0 aliphatic carbocycles. The molecular formula is C23H21F3N4O2S2. The molecule has 0 amide bonds. The van der Waals surface area contributed by atoms with E-state index in [1.54, 1.807) is 18.2 Å². The maximum Gasteiger partial charge on any atom is 0.391 e. The van der Waals surface area contributed by atoms with Crippen LogP contribution < -0.4 is 0 Å². The summed E-state index contributed by atoms with van der Waals surface area (Å²) < 4.78 is 69.7. The van der Waals surface area contributed by atoms with E-state index in [1.807, 2.05) is 29.2 Å². The largest absolute Gasteiger partial charge is 0.391 e. The fourth-order valence-corrected chi connectivity index (χ4v) is 6.36. The molecule has 1 aromatic heterocycles. The molecule has 0 unspecified atom stereocenters. The molecule has 0 saturated carbocycles. The number of hydrogen-bond donors (Lipinski definition) is 0. The van der Waals surface area contributed by atoms with Crippen molar-refractivity contribution < 1.29 is 21.6 Å². The van der Waals surface area contributed by atoms with Crippen LogP contribution in [0.4, 0.5) is 13.2 Å². The molecular weight excluding hydrogens is 485 g/mol. The van der Waals surface area contributed by atoms with Crippen molar-refractivity contribution in [2.75, 3.05) is 6.54 Å². The van der Waals surface area contributed by atoms with Crippen LogP contribution in [-0.4, -0.2) is 35.4 Å². The predicted molar refractivity (Wildman–Crippen MR) is 120 cm³/mol. The number of nitrogens with zero attached hydrogens (tertiary/aromatic N) is 4. The van der Waals surface area contributed by atoms with Gasteiger partial charge in [0.2, 0.25) is 0 Å². The molecule has 2 heterocycles. The van der Waals surface area contributed by atoms with Crippen LogP contribution in [0.1, 0.15) is 40.6 Å². The minimum atomic E-state index is -4.26. The third-order valence-electron chi connectivity index (χ3n) is 6.02. The summed E-state index contributed by atoms with van der Waals surface area (Å²) in [7, 11) is -3.72. The topological polar surface area (TPSA) is 86.9 Å². The van der Waals surface area contributed by atoms with Crippen molar-refractivity contribution in [3.05, 3.63) is 76.6 Å². The number of sulfone groups is 1. The molecule has 1 saturated heterocycles. The minimum absolute atomic E-state index is 0.00149. The van der Waals surface area contributed by atoms with Gasteiger partial charge in [-0.1, -0.05) is 36.4 Å². The van der Waals surface area contributed by atoms with Crippen LogP contribution >= 0.6 is 11.5 Å². The van der Waals surface area contributed by atoms with Crippen molar-refractivity contribution >= 4 is 21.4 Å². The summed E-state index contributed by atoms with van der Waals surface area (Å²) >= 11 is 0.989. The maximum absolute atomic E-state index is 13.5. The lowest BCUT2D eigenvalue weighted by Crippen LogP contribution is -2.41. The summed E-state index contributed by atoms with van der Waals surface area (Å²) in [4.78, 5) is 5.83. The first kappa shape index (κ1) is 24.3. The van der Waals surface area contributed by atoms with Gasteiger partial charge < -0.3 is 0 Å². The zero-order valence-corrected chi connectivity index (χ0v) is 19.6. The number of likely N-dealkylation sites (tertiary alicyclic amines) is 1. The normalized spacial score (nSPS) is 19.6. The summed E-state index contributed by atoms with van der Waals surface area (Å²) in [5, 5.41) is 10.0. The zero-order chi connectivity index (χ0) is 24.3. The maximum atomic E-state index is 13.5. The van der Waals surface area contributed by atoms with Crippen molar-refractivity contribution in [3.8, 4) is 6.07 Å². The van der Waals surface area contributed by atoms with E-state index in [2.05, 4.69) is 9.36 Å². The Labute approximate surface area is 199 Å². The van der Waals surface area contributed by atoms with E-state index in [4.69, 9.17) is 0 Å². The van der Waals surface area contributed by atoms with Gasteiger partial charge >= 0.3 is 6.18 Å². The second-order valence-corrected chi connectivity index (χ2v) is 11.0. The van der Waals surface area contributed by atoms with E-state index in [0.29, 0.717) is 10.6 Å². The summed E-state index contributed by atoms with van der Waals surface area (Å²) in [6, 6.07) is 14.9. The fraction of sp³-hybridized carbons (Fsp3) is 0.348. The number of hydrogen-bond acceptors (Lipinski definition) is 7. The highest BCUT2D eigenvalue weighted by atomic mass is 32.2. The van der Waals surface area contributed by atoms with Crippen LogP contribution in [0.2, 0.25) is 0 Å². The van der Waals surface area contributed by atoms with Gasteiger partial charge in [0.25, 0.3) is 0 Å². The lowest BCUT2D eigenvalue weighted by atomic mass is 9.86. The number of halogens is 3. The molecule has 2 atom stereocenters. The summed E-state index contributed by atoms with van der Waals surface area (Å²) in [5.74, 6) is -1.71. The number of piperidine rings is 1. The van der Waals surface area contributed by atoms with E-state index in [9.17, 15) is 26.9 Å². The van der Waals surface area contributed by atoms with Gasteiger partial charge in [-0.15, -0.1) is 0 Å². The summed E-state index contributed by atoms with van der Waals surface area (Å²) in [5.41, 5.74) is 1.54. The van der Waals surface area contributed by atoms with Crippen molar-refractivity contribution in [2.45, 2.75) is 42.3 Å². The molecule has 0 N–H and O–H groups in total. The lowest BCUT2D eigenvalue weighted by Gasteiger charge is -2.40. The van der Waals surface area contributed by atoms with Crippen LogP contribution in [0.25, 0.3) is 0 Å². The molecule has 0 radical (unpaired) electrons. The summed E-state index contributed by atoms with van der Waals surface area (Å²) in [6.45, 7) is 0.454. The number of benzene rings is 2. The molecule has 3 aromatic rings. The minimum Gasteiger partial charge on any atom is -0.292 e. The van der Waals surface area contributed by atoms with E-state index in [-0.39, 0.29) is 42.1 Å². The number of rotatable bonds is 6. The highest BCUT2D eigenvalue weighted by Crippen LogP contribution is 2.42. The van der Waals surface area contributed by atoms with Gasteiger partial charge in [-0.3, -0.25) is 4.90 Å². The van der Waals surface area contributed by atoms with Crippen molar-refractivity contribution in [2.24, 2.45) is 5.92 Å². The van der Waals surface area contributed by atoms with Gasteiger partial charge in [0.1, 0.15) is 17.1 Å². The molecule has 178 valence electrons. The van der Waals surface area contributed by atoms with Crippen LogP contribution in [0.3, 0.4) is 0 Å². The highest BCUT2D eigenvalue weighted by Gasteiger charge is 2.44. The Morgan fingerprint density at radius 1 is 1.18 bits per heavy atom. The fourth-order valence-electron chi connectivity index (χ4n) is 4.24. The van der Waals surface area contributed by atoms with E-state index in [1.165, 1.54) is 18.5 Å². The third-order valence-corrected chi connectivity index (χ3v) is 8.48. The number of nitriles is 1. The first-order valence-electron chi connectivity index (χ1n) is 10.5. The van der Waals surface area contributed by atoms with Crippen LogP contribution in [0.15, 0.2) is 59.8 Å². The monoisotopic (exact) mass is 506 g/mol. The first-order valence-corrected chi connectivity index (χ1v) is 13.0. The third kappa shape index (κ3) is 5.46. The van der Waals surface area contributed by atoms with Crippen LogP contribution in [0, 0.1) is 17.2 Å². The van der Waals surface area contributed by atoms with Gasteiger partial charge in [0, 0.05) is 12.6 Å². The van der Waals surface area contributed by atoms with Gasteiger partial charge in [-0.05, 0) is 54.2 Å². The Bertz CT molecular complexity index is 1270.